The Bertz CT molecular complexity index is 1180. The molecule has 0 radical (unpaired) electrons. The van der Waals surface area contributed by atoms with E-state index in [9.17, 15) is 19.5 Å². The molecule has 3 aliphatic carbocycles. The van der Waals surface area contributed by atoms with Crippen LogP contribution < -0.4 is 0 Å². The van der Waals surface area contributed by atoms with E-state index < -0.39 is 69.5 Å². The molecule has 3 heterocycles. The summed E-state index contributed by atoms with van der Waals surface area (Å²) in [4.78, 5) is 38.7. The third-order valence-electron chi connectivity index (χ3n) is 10.8. The summed E-state index contributed by atoms with van der Waals surface area (Å²) >= 11 is 0. The Labute approximate surface area is 210 Å². The molecule has 10 atom stereocenters. The van der Waals surface area contributed by atoms with Crippen LogP contribution in [0.1, 0.15) is 66.1 Å². The van der Waals surface area contributed by atoms with Gasteiger partial charge in [-0.05, 0) is 36.3 Å². The van der Waals surface area contributed by atoms with Crippen LogP contribution >= 0.6 is 0 Å². The van der Waals surface area contributed by atoms with Crippen molar-refractivity contribution in [2.75, 3.05) is 0 Å². The fraction of sp³-hybridized carbons (Fsp3) is 0.679. The molecule has 194 valence electrons. The van der Waals surface area contributed by atoms with Crippen molar-refractivity contribution in [2.45, 2.75) is 84.4 Å². The van der Waals surface area contributed by atoms with Gasteiger partial charge in [-0.2, -0.15) is 0 Å². The summed E-state index contributed by atoms with van der Waals surface area (Å²) in [5, 5.41) is 12.0. The van der Waals surface area contributed by atoms with Crippen LogP contribution in [0.2, 0.25) is 0 Å². The lowest BCUT2D eigenvalue weighted by Gasteiger charge is -2.69. The topological polar surface area (TPSA) is 116 Å². The molecule has 0 aromatic carbocycles. The van der Waals surface area contributed by atoms with E-state index in [0.717, 1.165) is 5.56 Å². The Morgan fingerprint density at radius 2 is 1.86 bits per heavy atom. The maximum atomic E-state index is 13.3. The third kappa shape index (κ3) is 2.45. The molecule has 2 aliphatic heterocycles. The first kappa shape index (κ1) is 23.9. The lowest BCUT2D eigenvalue weighted by atomic mass is 9.35. The second-order valence-corrected chi connectivity index (χ2v) is 12.7. The van der Waals surface area contributed by atoms with Crippen molar-refractivity contribution in [3.63, 3.8) is 0 Å². The highest BCUT2D eigenvalue weighted by molar-refractivity contribution is 5.96. The number of esters is 2. The first-order chi connectivity index (χ1) is 16.8. The number of cyclic esters (lactones) is 1. The van der Waals surface area contributed by atoms with Crippen LogP contribution in [0.5, 0.6) is 0 Å². The summed E-state index contributed by atoms with van der Waals surface area (Å²) in [6.45, 7) is 11.2. The third-order valence-corrected chi connectivity index (χ3v) is 10.8. The number of hydrogen-bond donors (Lipinski definition) is 1. The Hall–Kier alpha value is -2.45. The van der Waals surface area contributed by atoms with Crippen LogP contribution in [-0.2, 0) is 28.6 Å². The zero-order valence-corrected chi connectivity index (χ0v) is 21.6. The first-order valence-corrected chi connectivity index (χ1v) is 12.8. The number of epoxide rings is 1. The van der Waals surface area contributed by atoms with Gasteiger partial charge in [-0.1, -0.05) is 40.7 Å². The van der Waals surface area contributed by atoms with Gasteiger partial charge in [0.05, 0.1) is 18.6 Å². The van der Waals surface area contributed by atoms with E-state index in [1.54, 1.807) is 24.7 Å². The largest absolute Gasteiger partial charge is 0.472 e. The number of ketones is 1. The van der Waals surface area contributed by atoms with Crippen molar-refractivity contribution in [1.29, 1.82) is 0 Å². The van der Waals surface area contributed by atoms with Crippen molar-refractivity contribution in [2.24, 2.45) is 33.5 Å². The Morgan fingerprint density at radius 3 is 2.50 bits per heavy atom. The van der Waals surface area contributed by atoms with E-state index in [2.05, 4.69) is 13.8 Å². The van der Waals surface area contributed by atoms with E-state index in [1.807, 2.05) is 26.8 Å². The first-order valence-electron chi connectivity index (χ1n) is 12.8. The molecule has 0 amide bonds. The number of furan rings is 1. The molecule has 2 saturated heterocycles. The summed E-state index contributed by atoms with van der Waals surface area (Å²) in [5.74, 6) is -1.67. The molecule has 8 heteroatoms. The molecule has 8 nitrogen and oxygen atoms in total. The SMILES string of the molecule is CC(=O)O[C@@H]1[C@@H](O)[C@H]2C(C)(C)C(=O)C=C[C@]2(C)[C@H]2CC[C@@]3(C)[C@H](c4ccoc4)OC(=O)[C@H]4O[C@]43[C@]12C. The van der Waals surface area contributed by atoms with E-state index in [0.29, 0.717) is 12.8 Å². The smallest absolute Gasteiger partial charge is 0.339 e. The second kappa shape index (κ2) is 6.90. The summed E-state index contributed by atoms with van der Waals surface area (Å²) in [6, 6.07) is 1.79. The maximum Gasteiger partial charge on any atom is 0.339 e. The van der Waals surface area contributed by atoms with Gasteiger partial charge in [-0.3, -0.25) is 9.59 Å². The number of hydrogen-bond acceptors (Lipinski definition) is 8. The Kier molecular flexibility index (Phi) is 4.58. The van der Waals surface area contributed by atoms with Crippen LogP contribution in [-0.4, -0.2) is 46.7 Å². The van der Waals surface area contributed by atoms with Crippen LogP contribution in [0.4, 0.5) is 0 Å². The van der Waals surface area contributed by atoms with Crippen molar-refractivity contribution >= 4 is 17.7 Å². The molecule has 0 bridgehead atoms. The van der Waals surface area contributed by atoms with Gasteiger partial charge >= 0.3 is 11.9 Å². The van der Waals surface area contributed by atoms with Gasteiger partial charge in [0.2, 0.25) is 0 Å². The van der Waals surface area contributed by atoms with Gasteiger partial charge < -0.3 is 23.7 Å². The summed E-state index contributed by atoms with van der Waals surface area (Å²) in [5.41, 5.74) is -3.35. The number of fused-ring (bicyclic) bond motifs is 3. The minimum Gasteiger partial charge on any atom is -0.472 e. The average molecular weight is 499 g/mol. The molecular formula is C28H34O8. The molecule has 1 aromatic heterocycles. The minimum atomic E-state index is -1.14. The number of ether oxygens (including phenoxy) is 3. The van der Waals surface area contributed by atoms with E-state index in [4.69, 9.17) is 18.6 Å². The van der Waals surface area contributed by atoms with Crippen molar-refractivity contribution in [3.05, 3.63) is 36.3 Å². The highest BCUT2D eigenvalue weighted by Crippen LogP contribution is 2.79. The molecule has 5 aliphatic rings. The summed E-state index contributed by atoms with van der Waals surface area (Å²) < 4.78 is 23.7. The van der Waals surface area contributed by atoms with Crippen LogP contribution in [0.15, 0.2) is 35.2 Å². The second-order valence-electron chi connectivity index (χ2n) is 12.7. The molecule has 1 spiro atoms. The molecule has 6 rings (SSSR count). The molecule has 36 heavy (non-hydrogen) atoms. The Morgan fingerprint density at radius 1 is 1.14 bits per heavy atom. The molecular weight excluding hydrogens is 464 g/mol. The van der Waals surface area contributed by atoms with Gasteiger partial charge in [0.15, 0.2) is 11.9 Å². The number of carbonyl (C=O) groups is 3. The molecule has 1 aromatic rings. The maximum absolute atomic E-state index is 13.3. The average Bonchev–Trinajstić information content (AvgIpc) is 3.36. The van der Waals surface area contributed by atoms with E-state index >= 15 is 0 Å². The zero-order chi connectivity index (χ0) is 26.1. The van der Waals surface area contributed by atoms with Crippen molar-refractivity contribution < 1.29 is 38.1 Å². The zero-order valence-electron chi connectivity index (χ0n) is 21.6. The van der Waals surface area contributed by atoms with Crippen LogP contribution in [0.25, 0.3) is 0 Å². The standard InChI is InChI=1S/C28H34O8/c1-14(29)34-21-18(31)19-24(2,3)17(30)8-10-25(19,4)16-7-11-26(5)20(15-9-12-33-13-15)35-23(32)22-28(26,36-22)27(16,21)6/h8-10,12-13,16,18-22,31H,7,11H2,1-6H3/t16-,18+,19+,20+,21-,22-,25-,26+,27+,28-/m1/s1. The lowest BCUT2D eigenvalue weighted by molar-refractivity contribution is -0.281. The predicted molar refractivity (Wildman–Crippen MR) is 125 cm³/mol. The minimum absolute atomic E-state index is 0.0603. The molecule has 1 N–H and O–H groups in total. The summed E-state index contributed by atoms with van der Waals surface area (Å²) in [6.07, 6.45) is 4.55. The fourth-order valence-electron chi connectivity index (χ4n) is 9.41. The molecule has 4 fully saturated rings. The van der Waals surface area contributed by atoms with Gasteiger partial charge in [0.25, 0.3) is 0 Å². The molecule has 0 unspecified atom stereocenters. The number of carbonyl (C=O) groups excluding carboxylic acids is 3. The fourth-order valence-corrected chi connectivity index (χ4v) is 9.41. The predicted octanol–water partition coefficient (Wildman–Crippen LogP) is 3.53. The summed E-state index contributed by atoms with van der Waals surface area (Å²) in [7, 11) is 0. The quantitative estimate of drug-likeness (QED) is 0.486. The lowest BCUT2D eigenvalue weighted by Crippen LogP contribution is -2.76. The van der Waals surface area contributed by atoms with Gasteiger partial charge in [0.1, 0.15) is 17.8 Å². The number of allylic oxidation sites excluding steroid dienone is 2. The van der Waals surface area contributed by atoms with E-state index in [1.165, 1.54) is 6.92 Å². The van der Waals surface area contributed by atoms with Gasteiger partial charge in [-0.25, -0.2) is 4.79 Å². The Balaban J connectivity index is 1.58. The van der Waals surface area contributed by atoms with Crippen LogP contribution in [0, 0.1) is 33.5 Å². The van der Waals surface area contributed by atoms with Gasteiger partial charge in [0, 0.05) is 34.7 Å². The highest BCUT2D eigenvalue weighted by Gasteiger charge is 2.89. The highest BCUT2D eigenvalue weighted by atomic mass is 16.7. The monoisotopic (exact) mass is 498 g/mol. The molecule has 2 saturated carbocycles. The van der Waals surface area contributed by atoms with Gasteiger partial charge in [-0.15, -0.1) is 0 Å². The number of aliphatic hydroxyl groups excluding tert-OH is 1. The van der Waals surface area contributed by atoms with Crippen LogP contribution in [0.3, 0.4) is 0 Å². The number of rotatable bonds is 2. The number of aliphatic hydroxyl groups is 1. The normalized spacial score (nSPS) is 50.2. The van der Waals surface area contributed by atoms with Crippen molar-refractivity contribution in [1.82, 2.24) is 0 Å². The van der Waals surface area contributed by atoms with Crippen molar-refractivity contribution in [3.8, 4) is 0 Å². The van der Waals surface area contributed by atoms with E-state index in [-0.39, 0.29) is 11.7 Å².